The molecule has 0 amide bonds. The second-order valence-electron chi connectivity index (χ2n) is 3.46. The summed E-state index contributed by atoms with van der Waals surface area (Å²) >= 11 is 1.35. The lowest BCUT2D eigenvalue weighted by Crippen LogP contribution is -1.85. The van der Waals surface area contributed by atoms with Crippen molar-refractivity contribution in [2.75, 3.05) is 0 Å². The number of carbonyl (C=O) groups excluding carboxylic acids is 1. The molecular formula is C13H12OS. The van der Waals surface area contributed by atoms with Crippen LogP contribution in [0.2, 0.25) is 0 Å². The minimum Gasteiger partial charge on any atom is -0.288 e. The molecule has 0 fully saturated rings. The topological polar surface area (TPSA) is 17.1 Å². The van der Waals surface area contributed by atoms with Crippen molar-refractivity contribution in [3.05, 3.63) is 48.0 Å². The van der Waals surface area contributed by atoms with Gasteiger partial charge in [-0.25, -0.2) is 0 Å². The van der Waals surface area contributed by atoms with Gasteiger partial charge in [0.1, 0.15) is 0 Å². The highest BCUT2D eigenvalue weighted by Gasteiger charge is 1.98. The van der Waals surface area contributed by atoms with Gasteiger partial charge >= 0.3 is 0 Å². The third kappa shape index (κ3) is 2.60. The summed E-state index contributed by atoms with van der Waals surface area (Å²) in [5.41, 5.74) is 1.20. The molecular weight excluding hydrogens is 204 g/mol. The molecule has 0 aromatic heterocycles. The SMILES string of the molecule is CC(=O)SCc1ccc2ccccc2c1. The molecule has 2 aromatic rings. The van der Waals surface area contributed by atoms with E-state index >= 15 is 0 Å². The largest absolute Gasteiger partial charge is 0.288 e. The zero-order valence-corrected chi connectivity index (χ0v) is 9.38. The first-order valence-corrected chi connectivity index (χ1v) is 5.85. The highest BCUT2D eigenvalue weighted by atomic mass is 32.2. The van der Waals surface area contributed by atoms with Crippen LogP contribution in [-0.4, -0.2) is 5.12 Å². The van der Waals surface area contributed by atoms with Crippen LogP contribution >= 0.6 is 11.8 Å². The Hall–Kier alpha value is -1.28. The van der Waals surface area contributed by atoms with Gasteiger partial charge in [0, 0.05) is 12.7 Å². The van der Waals surface area contributed by atoms with Crippen LogP contribution in [0.25, 0.3) is 10.8 Å². The van der Waals surface area contributed by atoms with Gasteiger partial charge in [-0.3, -0.25) is 4.79 Å². The Balaban J connectivity index is 2.26. The van der Waals surface area contributed by atoms with E-state index in [0.29, 0.717) is 0 Å². The highest BCUT2D eigenvalue weighted by molar-refractivity contribution is 8.12. The van der Waals surface area contributed by atoms with E-state index in [9.17, 15) is 4.79 Å². The number of thioether (sulfide) groups is 1. The third-order valence-electron chi connectivity index (χ3n) is 2.26. The molecule has 0 saturated heterocycles. The number of rotatable bonds is 2. The first-order chi connectivity index (χ1) is 7.25. The van der Waals surface area contributed by atoms with E-state index in [1.165, 1.54) is 28.1 Å². The molecule has 15 heavy (non-hydrogen) atoms. The van der Waals surface area contributed by atoms with Crippen molar-refractivity contribution in [2.24, 2.45) is 0 Å². The van der Waals surface area contributed by atoms with E-state index in [-0.39, 0.29) is 5.12 Å². The van der Waals surface area contributed by atoms with Gasteiger partial charge in [0.05, 0.1) is 0 Å². The number of carbonyl (C=O) groups is 1. The van der Waals surface area contributed by atoms with Crippen molar-refractivity contribution in [3.8, 4) is 0 Å². The van der Waals surface area contributed by atoms with Gasteiger partial charge in [-0.2, -0.15) is 0 Å². The highest BCUT2D eigenvalue weighted by Crippen LogP contribution is 2.19. The summed E-state index contributed by atoms with van der Waals surface area (Å²) in [6.07, 6.45) is 0. The average Bonchev–Trinajstić information content (AvgIpc) is 2.26. The fourth-order valence-corrected chi connectivity index (χ4v) is 2.06. The molecule has 1 nitrogen and oxygen atoms in total. The molecule has 2 aromatic carbocycles. The summed E-state index contributed by atoms with van der Waals surface area (Å²) in [5, 5.41) is 2.65. The summed E-state index contributed by atoms with van der Waals surface area (Å²) in [4.78, 5) is 10.8. The van der Waals surface area contributed by atoms with Crippen LogP contribution < -0.4 is 0 Å². The molecule has 0 bridgehead atoms. The maximum Gasteiger partial charge on any atom is 0.186 e. The summed E-state index contributed by atoms with van der Waals surface area (Å²) in [6, 6.07) is 14.6. The van der Waals surface area contributed by atoms with Gasteiger partial charge in [0.2, 0.25) is 0 Å². The summed E-state index contributed by atoms with van der Waals surface area (Å²) in [7, 11) is 0. The van der Waals surface area contributed by atoms with E-state index in [0.717, 1.165) is 5.75 Å². The monoisotopic (exact) mass is 216 g/mol. The summed E-state index contributed by atoms with van der Waals surface area (Å²) in [6.45, 7) is 1.60. The molecule has 0 aliphatic heterocycles. The zero-order valence-electron chi connectivity index (χ0n) is 8.57. The van der Waals surface area contributed by atoms with Crippen LogP contribution in [-0.2, 0) is 10.5 Å². The van der Waals surface area contributed by atoms with Crippen LogP contribution in [0.5, 0.6) is 0 Å². The average molecular weight is 216 g/mol. The number of hydrogen-bond donors (Lipinski definition) is 0. The smallest absolute Gasteiger partial charge is 0.186 e. The lowest BCUT2D eigenvalue weighted by Gasteiger charge is -2.01. The Morgan fingerprint density at radius 2 is 1.87 bits per heavy atom. The van der Waals surface area contributed by atoms with Gasteiger partial charge in [-0.15, -0.1) is 0 Å². The maximum atomic E-state index is 10.8. The first kappa shape index (κ1) is 10.2. The lowest BCUT2D eigenvalue weighted by atomic mass is 10.1. The van der Waals surface area contributed by atoms with Crippen LogP contribution in [0.3, 0.4) is 0 Å². The van der Waals surface area contributed by atoms with Crippen molar-refractivity contribution in [1.29, 1.82) is 0 Å². The molecule has 0 unspecified atom stereocenters. The fourth-order valence-electron chi connectivity index (χ4n) is 1.51. The Morgan fingerprint density at radius 1 is 1.13 bits per heavy atom. The second kappa shape index (κ2) is 4.49. The number of hydrogen-bond acceptors (Lipinski definition) is 2. The van der Waals surface area contributed by atoms with Gasteiger partial charge in [0.15, 0.2) is 5.12 Å². The normalized spacial score (nSPS) is 10.5. The van der Waals surface area contributed by atoms with Crippen LogP contribution in [0.1, 0.15) is 12.5 Å². The molecule has 0 aliphatic rings. The Labute approximate surface area is 93.5 Å². The third-order valence-corrected chi connectivity index (χ3v) is 3.14. The Morgan fingerprint density at radius 3 is 2.60 bits per heavy atom. The number of benzene rings is 2. The van der Waals surface area contributed by atoms with E-state index < -0.39 is 0 Å². The van der Waals surface area contributed by atoms with Crippen molar-refractivity contribution in [1.82, 2.24) is 0 Å². The van der Waals surface area contributed by atoms with Crippen molar-refractivity contribution < 1.29 is 4.79 Å². The van der Waals surface area contributed by atoms with E-state index in [1.54, 1.807) is 6.92 Å². The van der Waals surface area contributed by atoms with Crippen LogP contribution in [0.15, 0.2) is 42.5 Å². The quantitative estimate of drug-likeness (QED) is 0.762. The summed E-state index contributed by atoms with van der Waals surface area (Å²) in [5.74, 6) is 0.764. The second-order valence-corrected chi connectivity index (χ2v) is 4.61. The molecule has 0 atom stereocenters. The van der Waals surface area contributed by atoms with E-state index in [1.807, 2.05) is 12.1 Å². The van der Waals surface area contributed by atoms with Crippen molar-refractivity contribution in [3.63, 3.8) is 0 Å². The molecule has 0 aliphatic carbocycles. The van der Waals surface area contributed by atoms with Gasteiger partial charge in [-0.05, 0) is 16.3 Å². The fraction of sp³-hybridized carbons (Fsp3) is 0.154. The minimum absolute atomic E-state index is 0.170. The van der Waals surface area contributed by atoms with Gasteiger partial charge < -0.3 is 0 Å². The van der Waals surface area contributed by atoms with Crippen LogP contribution in [0.4, 0.5) is 0 Å². The molecule has 0 heterocycles. The van der Waals surface area contributed by atoms with Crippen molar-refractivity contribution >= 4 is 27.6 Å². The molecule has 0 radical (unpaired) electrons. The van der Waals surface area contributed by atoms with Crippen LogP contribution in [0, 0.1) is 0 Å². The zero-order chi connectivity index (χ0) is 10.7. The first-order valence-electron chi connectivity index (χ1n) is 4.87. The molecule has 2 heteroatoms. The Bertz CT molecular complexity index is 491. The number of fused-ring (bicyclic) bond motifs is 1. The lowest BCUT2D eigenvalue weighted by molar-refractivity contribution is -0.109. The Kier molecular flexibility index (Phi) is 3.07. The van der Waals surface area contributed by atoms with Gasteiger partial charge in [0.25, 0.3) is 0 Å². The summed E-state index contributed by atoms with van der Waals surface area (Å²) < 4.78 is 0. The standard InChI is InChI=1S/C13H12OS/c1-10(14)15-9-11-6-7-12-4-2-3-5-13(12)8-11/h2-8H,9H2,1H3. The van der Waals surface area contributed by atoms with E-state index in [4.69, 9.17) is 0 Å². The van der Waals surface area contributed by atoms with Crippen molar-refractivity contribution in [2.45, 2.75) is 12.7 Å². The maximum absolute atomic E-state index is 10.8. The predicted octanol–water partition coefficient (Wildman–Crippen LogP) is 3.62. The molecule has 2 rings (SSSR count). The van der Waals surface area contributed by atoms with Gasteiger partial charge in [-0.1, -0.05) is 54.2 Å². The molecule has 0 spiro atoms. The molecule has 76 valence electrons. The predicted molar refractivity (Wildman–Crippen MR) is 65.9 cm³/mol. The molecule has 0 saturated carbocycles. The molecule has 0 N–H and O–H groups in total. The minimum atomic E-state index is 0.170. The van der Waals surface area contributed by atoms with E-state index in [2.05, 4.69) is 30.3 Å².